The van der Waals surface area contributed by atoms with Crippen LogP contribution in [0, 0.1) is 0 Å². The molecule has 0 bridgehead atoms. The number of hydrogen-bond donors (Lipinski definition) is 1. The van der Waals surface area contributed by atoms with Gasteiger partial charge in [0.25, 0.3) is 0 Å². The third-order valence-electron chi connectivity index (χ3n) is 2.31. The normalized spacial score (nSPS) is 22.6. The van der Waals surface area contributed by atoms with Crippen molar-refractivity contribution in [3.63, 3.8) is 0 Å². The van der Waals surface area contributed by atoms with E-state index in [0.29, 0.717) is 19.1 Å². The van der Waals surface area contributed by atoms with E-state index >= 15 is 0 Å². The van der Waals surface area contributed by atoms with Crippen molar-refractivity contribution in [2.24, 2.45) is 0 Å². The van der Waals surface area contributed by atoms with Gasteiger partial charge in [-0.15, -0.1) is 0 Å². The number of hydrogen-bond acceptors (Lipinski definition) is 3. The molecule has 0 aromatic heterocycles. The first-order valence-electron chi connectivity index (χ1n) is 5.04. The minimum absolute atomic E-state index is 0.445. The Hall–Kier alpha value is 0.0600. The van der Waals surface area contributed by atoms with Crippen LogP contribution >= 0.6 is 11.8 Å². The van der Waals surface area contributed by atoms with Gasteiger partial charge in [-0.3, -0.25) is 4.90 Å². The lowest BCUT2D eigenvalue weighted by atomic mass is 10.2. The molecular weight excluding hydrogens is 225 g/mol. The van der Waals surface area contributed by atoms with E-state index in [1.165, 1.54) is 11.9 Å². The molecule has 90 valence electrons. The summed E-state index contributed by atoms with van der Waals surface area (Å²) in [6.45, 7) is 0.257. The molecular formula is C9H17F3N2S. The van der Waals surface area contributed by atoms with Gasteiger partial charge >= 0.3 is 6.18 Å². The third kappa shape index (κ3) is 6.27. The Morgan fingerprint density at radius 3 is 2.73 bits per heavy atom. The highest BCUT2D eigenvalue weighted by molar-refractivity contribution is 7.99. The highest BCUT2D eigenvalue weighted by Gasteiger charge is 2.28. The van der Waals surface area contributed by atoms with E-state index < -0.39 is 12.7 Å². The van der Waals surface area contributed by atoms with Gasteiger partial charge in [0.1, 0.15) is 0 Å². The summed E-state index contributed by atoms with van der Waals surface area (Å²) in [6.07, 6.45) is -2.95. The van der Waals surface area contributed by atoms with E-state index in [2.05, 4.69) is 5.32 Å². The van der Waals surface area contributed by atoms with E-state index in [9.17, 15) is 13.2 Å². The number of thioether (sulfide) groups is 1. The van der Waals surface area contributed by atoms with Gasteiger partial charge in [0.15, 0.2) is 0 Å². The summed E-state index contributed by atoms with van der Waals surface area (Å²) < 4.78 is 35.9. The summed E-state index contributed by atoms with van der Waals surface area (Å²) in [5.74, 6) is 2.25. The molecule has 1 saturated heterocycles. The molecule has 1 fully saturated rings. The Morgan fingerprint density at radius 2 is 2.20 bits per heavy atom. The van der Waals surface area contributed by atoms with E-state index in [4.69, 9.17) is 0 Å². The molecule has 0 amide bonds. The van der Waals surface area contributed by atoms with Crippen LogP contribution in [0.25, 0.3) is 0 Å². The Morgan fingerprint density at radius 1 is 1.47 bits per heavy atom. The van der Waals surface area contributed by atoms with Crippen LogP contribution in [0.5, 0.6) is 0 Å². The summed E-state index contributed by atoms with van der Waals surface area (Å²) in [6, 6.07) is 0.495. The standard InChI is InChI=1S/C9H17F3N2S/c1-14(7-9(10,11)12)4-3-13-8-2-5-15-6-8/h8,13H,2-7H2,1H3. The van der Waals surface area contributed by atoms with Crippen molar-refractivity contribution in [2.75, 3.05) is 38.2 Å². The summed E-state index contributed by atoms with van der Waals surface area (Å²) in [5, 5.41) is 3.27. The number of halogens is 3. The number of nitrogens with one attached hydrogen (secondary N) is 1. The fraction of sp³-hybridized carbons (Fsp3) is 1.00. The maximum absolute atomic E-state index is 12.0. The van der Waals surface area contributed by atoms with Gasteiger partial charge in [-0.05, 0) is 19.2 Å². The first kappa shape index (κ1) is 13.1. The molecule has 0 spiro atoms. The van der Waals surface area contributed by atoms with E-state index in [-0.39, 0.29) is 0 Å². The van der Waals surface area contributed by atoms with Crippen LogP contribution in [0.1, 0.15) is 6.42 Å². The van der Waals surface area contributed by atoms with Crippen molar-refractivity contribution >= 4 is 11.8 Å². The van der Waals surface area contributed by atoms with Crippen LogP contribution in [-0.4, -0.2) is 55.3 Å². The summed E-state index contributed by atoms with van der Waals surface area (Å²) in [5.41, 5.74) is 0. The van der Waals surface area contributed by atoms with Gasteiger partial charge in [0, 0.05) is 24.9 Å². The average molecular weight is 242 g/mol. The SMILES string of the molecule is CN(CCNC1CCSC1)CC(F)(F)F. The molecule has 0 saturated carbocycles. The van der Waals surface area contributed by atoms with Gasteiger partial charge < -0.3 is 5.32 Å². The highest BCUT2D eigenvalue weighted by Crippen LogP contribution is 2.17. The number of alkyl halides is 3. The Labute approximate surface area is 92.6 Å². The predicted molar refractivity (Wildman–Crippen MR) is 57.3 cm³/mol. The molecule has 1 aliphatic heterocycles. The number of nitrogens with zero attached hydrogens (tertiary/aromatic N) is 1. The van der Waals surface area contributed by atoms with Crippen LogP contribution < -0.4 is 5.32 Å². The van der Waals surface area contributed by atoms with Crippen molar-refractivity contribution in [1.82, 2.24) is 10.2 Å². The van der Waals surface area contributed by atoms with Gasteiger partial charge in [0.2, 0.25) is 0 Å². The van der Waals surface area contributed by atoms with Crippen molar-refractivity contribution in [1.29, 1.82) is 0 Å². The fourth-order valence-corrected chi connectivity index (χ4v) is 2.73. The molecule has 1 unspecified atom stereocenters. The molecule has 1 rings (SSSR count). The van der Waals surface area contributed by atoms with Crippen LogP contribution in [0.15, 0.2) is 0 Å². The molecule has 6 heteroatoms. The molecule has 0 aliphatic carbocycles. The van der Waals surface area contributed by atoms with E-state index in [1.807, 2.05) is 11.8 Å². The van der Waals surface area contributed by atoms with Crippen molar-refractivity contribution < 1.29 is 13.2 Å². The summed E-state index contributed by atoms with van der Waals surface area (Å²) in [7, 11) is 1.50. The third-order valence-corrected chi connectivity index (χ3v) is 3.47. The Balaban J connectivity index is 2.03. The van der Waals surface area contributed by atoms with Gasteiger partial charge in [-0.25, -0.2) is 0 Å². The predicted octanol–water partition coefficient (Wildman–Crippen LogP) is 1.58. The molecule has 2 nitrogen and oxygen atoms in total. The summed E-state index contributed by atoms with van der Waals surface area (Å²) in [4.78, 5) is 1.30. The van der Waals surface area contributed by atoms with Crippen molar-refractivity contribution in [2.45, 2.75) is 18.6 Å². The molecule has 15 heavy (non-hydrogen) atoms. The number of likely N-dealkylation sites (N-methyl/N-ethyl adjacent to an activating group) is 1. The maximum atomic E-state index is 12.0. The quantitative estimate of drug-likeness (QED) is 0.788. The molecule has 0 aromatic carbocycles. The second-order valence-electron chi connectivity index (χ2n) is 3.87. The zero-order valence-electron chi connectivity index (χ0n) is 8.81. The van der Waals surface area contributed by atoms with Crippen LogP contribution in [0.3, 0.4) is 0 Å². The zero-order valence-corrected chi connectivity index (χ0v) is 9.63. The smallest absolute Gasteiger partial charge is 0.312 e. The Kier molecular flexibility index (Phi) is 5.22. The lowest BCUT2D eigenvalue weighted by molar-refractivity contribution is -0.142. The lowest BCUT2D eigenvalue weighted by Crippen LogP contribution is -2.39. The summed E-state index contributed by atoms with van der Waals surface area (Å²) >= 11 is 1.89. The second-order valence-corrected chi connectivity index (χ2v) is 5.02. The van der Waals surface area contributed by atoms with E-state index in [0.717, 1.165) is 17.9 Å². The van der Waals surface area contributed by atoms with E-state index in [1.54, 1.807) is 0 Å². The monoisotopic (exact) mass is 242 g/mol. The molecule has 1 atom stereocenters. The van der Waals surface area contributed by atoms with Gasteiger partial charge in [-0.1, -0.05) is 0 Å². The molecule has 1 N–H and O–H groups in total. The highest BCUT2D eigenvalue weighted by atomic mass is 32.2. The maximum Gasteiger partial charge on any atom is 0.401 e. The minimum atomic E-state index is -4.09. The Bertz CT molecular complexity index is 181. The van der Waals surface area contributed by atoms with Gasteiger partial charge in [0.05, 0.1) is 6.54 Å². The second kappa shape index (κ2) is 5.96. The fourth-order valence-electron chi connectivity index (χ4n) is 1.54. The molecule has 0 aromatic rings. The number of rotatable bonds is 5. The van der Waals surface area contributed by atoms with Gasteiger partial charge in [-0.2, -0.15) is 24.9 Å². The molecule has 1 heterocycles. The van der Waals surface area contributed by atoms with Crippen LogP contribution in [0.4, 0.5) is 13.2 Å². The first-order valence-corrected chi connectivity index (χ1v) is 6.19. The van der Waals surface area contributed by atoms with Crippen molar-refractivity contribution in [3.05, 3.63) is 0 Å². The van der Waals surface area contributed by atoms with Crippen LogP contribution in [-0.2, 0) is 0 Å². The minimum Gasteiger partial charge on any atom is -0.312 e. The van der Waals surface area contributed by atoms with Crippen LogP contribution in [0.2, 0.25) is 0 Å². The zero-order chi connectivity index (χ0) is 11.3. The first-order chi connectivity index (χ1) is 6.97. The van der Waals surface area contributed by atoms with Crippen molar-refractivity contribution in [3.8, 4) is 0 Å². The largest absolute Gasteiger partial charge is 0.401 e. The molecule has 1 aliphatic rings. The lowest BCUT2D eigenvalue weighted by Gasteiger charge is -2.19. The average Bonchev–Trinajstić information content (AvgIpc) is 2.53. The molecule has 0 radical (unpaired) electrons. The topological polar surface area (TPSA) is 15.3 Å².